The highest BCUT2D eigenvalue weighted by atomic mass is 35.5. The predicted molar refractivity (Wildman–Crippen MR) is 135 cm³/mol. The number of halogens is 2. The molecule has 0 aliphatic carbocycles. The first-order valence-corrected chi connectivity index (χ1v) is 12.8. The van der Waals surface area contributed by atoms with Crippen LogP contribution in [0.2, 0.25) is 10.0 Å². The Morgan fingerprint density at radius 2 is 1.79 bits per heavy atom. The van der Waals surface area contributed by atoms with Crippen LogP contribution < -0.4 is 10.1 Å². The van der Waals surface area contributed by atoms with Crippen LogP contribution in [0, 0.1) is 12.8 Å². The lowest BCUT2D eigenvalue weighted by molar-refractivity contribution is -0.123. The lowest BCUT2D eigenvalue weighted by Gasteiger charge is -2.19. The van der Waals surface area contributed by atoms with Crippen molar-refractivity contribution in [2.24, 2.45) is 11.0 Å². The Labute approximate surface area is 209 Å². The zero-order chi connectivity index (χ0) is 24.9. The Morgan fingerprint density at radius 1 is 1.09 bits per heavy atom. The van der Waals surface area contributed by atoms with Gasteiger partial charge in [0, 0.05) is 5.56 Å². The first-order chi connectivity index (χ1) is 16.1. The normalized spacial score (nSPS) is 12.9. The number of nitrogens with one attached hydrogen (secondary N) is 2. The van der Waals surface area contributed by atoms with E-state index in [0.29, 0.717) is 33.6 Å². The third-order valence-corrected chi connectivity index (χ3v) is 7.17. The number of furan rings is 1. The van der Waals surface area contributed by atoms with Crippen LogP contribution in [0.4, 0.5) is 0 Å². The Kier molecular flexibility index (Phi) is 8.54. The molecule has 1 heterocycles. The predicted octanol–water partition coefficient (Wildman–Crippen LogP) is 5.41. The van der Waals surface area contributed by atoms with E-state index < -0.39 is 22.0 Å². The van der Waals surface area contributed by atoms with E-state index in [1.54, 1.807) is 42.5 Å². The summed E-state index contributed by atoms with van der Waals surface area (Å²) in [7, 11) is -3.88. The van der Waals surface area contributed by atoms with Crippen molar-refractivity contribution in [1.29, 1.82) is 0 Å². The van der Waals surface area contributed by atoms with Gasteiger partial charge in [0.25, 0.3) is 5.91 Å². The Morgan fingerprint density at radius 3 is 2.47 bits per heavy atom. The number of nitrogens with zero attached hydrogens (tertiary/aromatic N) is 1. The molecule has 0 aliphatic rings. The quantitative estimate of drug-likeness (QED) is 0.290. The molecule has 3 rings (SSSR count). The van der Waals surface area contributed by atoms with Crippen molar-refractivity contribution in [2.45, 2.75) is 38.1 Å². The van der Waals surface area contributed by atoms with E-state index in [9.17, 15) is 13.2 Å². The molecule has 0 bridgehead atoms. The maximum absolute atomic E-state index is 12.8. The maximum atomic E-state index is 12.8. The van der Waals surface area contributed by atoms with Crippen LogP contribution in [0.15, 0.2) is 69.0 Å². The van der Waals surface area contributed by atoms with Crippen LogP contribution >= 0.6 is 23.2 Å². The molecule has 180 valence electrons. The van der Waals surface area contributed by atoms with Gasteiger partial charge in [-0.15, -0.1) is 0 Å². The molecule has 1 amide bonds. The summed E-state index contributed by atoms with van der Waals surface area (Å²) >= 11 is 12.3. The fraction of sp³-hybridized carbons (Fsp3) is 0.250. The summed E-state index contributed by atoms with van der Waals surface area (Å²) in [5.41, 5.74) is 3.94. The summed E-state index contributed by atoms with van der Waals surface area (Å²) in [6.45, 7) is 5.66. The molecule has 0 unspecified atom stereocenters. The van der Waals surface area contributed by atoms with E-state index in [4.69, 9.17) is 27.6 Å². The van der Waals surface area contributed by atoms with Gasteiger partial charge in [0.1, 0.15) is 17.6 Å². The van der Waals surface area contributed by atoms with Crippen molar-refractivity contribution >= 4 is 45.3 Å². The number of amides is 1. The minimum atomic E-state index is -3.88. The number of rotatable bonds is 9. The number of hydrogen-bond donors (Lipinski definition) is 2. The second-order valence-corrected chi connectivity index (χ2v) is 10.7. The molecule has 7 nitrogen and oxygen atoms in total. The van der Waals surface area contributed by atoms with Gasteiger partial charge in [0.05, 0.1) is 21.2 Å². The molecular formula is C24H25Cl2N3O4S. The SMILES string of the molecule is Cc1ccc(S(=O)(=O)N[C@H](CC(C)C)C(=O)N/N=C\c2ccc(-c3cccc(Cl)c3Cl)o2)cc1. The van der Waals surface area contributed by atoms with E-state index >= 15 is 0 Å². The third kappa shape index (κ3) is 6.70. The molecule has 0 aliphatic heterocycles. The molecule has 0 radical (unpaired) electrons. The standard InChI is InChI=1S/C24H25Cl2N3O4S/c1-15(2)13-21(29-34(31,32)18-10-7-16(3)8-11-18)24(30)28-27-14-17-9-12-22(33-17)19-5-4-6-20(25)23(19)26/h4-12,14-15,21,29H,13H2,1-3H3,(H,28,30)/b27-14-/t21-/m1/s1. The third-order valence-electron chi connectivity index (χ3n) is 4.86. The zero-order valence-corrected chi connectivity index (χ0v) is 21.2. The largest absolute Gasteiger partial charge is 0.455 e. The molecule has 0 saturated heterocycles. The average molecular weight is 522 g/mol. The number of sulfonamides is 1. The second kappa shape index (κ2) is 11.2. The molecule has 34 heavy (non-hydrogen) atoms. The molecule has 0 spiro atoms. The average Bonchev–Trinajstić information content (AvgIpc) is 3.23. The molecule has 3 aromatic rings. The highest BCUT2D eigenvalue weighted by molar-refractivity contribution is 7.89. The minimum Gasteiger partial charge on any atom is -0.455 e. The Bertz CT molecular complexity index is 1290. The summed E-state index contributed by atoms with van der Waals surface area (Å²) in [4.78, 5) is 12.8. The summed E-state index contributed by atoms with van der Waals surface area (Å²) in [5.74, 6) is 0.344. The van der Waals surface area contributed by atoms with Crippen LogP contribution in [0.25, 0.3) is 11.3 Å². The van der Waals surface area contributed by atoms with Gasteiger partial charge in [0.2, 0.25) is 10.0 Å². The molecule has 2 aromatic carbocycles. The fourth-order valence-corrected chi connectivity index (χ4v) is 4.75. The van der Waals surface area contributed by atoms with Crippen molar-refractivity contribution in [3.8, 4) is 11.3 Å². The lowest BCUT2D eigenvalue weighted by atomic mass is 10.0. The highest BCUT2D eigenvalue weighted by Crippen LogP contribution is 2.34. The van der Waals surface area contributed by atoms with Gasteiger partial charge in [-0.25, -0.2) is 13.8 Å². The monoisotopic (exact) mass is 521 g/mol. The number of aryl methyl sites for hydroxylation is 1. The molecule has 1 atom stereocenters. The molecular weight excluding hydrogens is 497 g/mol. The topological polar surface area (TPSA) is 101 Å². The number of carbonyl (C=O) groups is 1. The summed E-state index contributed by atoms with van der Waals surface area (Å²) < 4.78 is 33.7. The van der Waals surface area contributed by atoms with Gasteiger partial charge in [-0.1, -0.05) is 60.8 Å². The van der Waals surface area contributed by atoms with Crippen LogP contribution in [-0.4, -0.2) is 26.6 Å². The van der Waals surface area contributed by atoms with Crippen LogP contribution in [-0.2, 0) is 14.8 Å². The lowest BCUT2D eigenvalue weighted by Crippen LogP contribution is -2.46. The number of carbonyl (C=O) groups excluding carboxylic acids is 1. The maximum Gasteiger partial charge on any atom is 0.258 e. The Balaban J connectivity index is 1.70. The van der Waals surface area contributed by atoms with Crippen molar-refractivity contribution < 1.29 is 17.6 Å². The Hall–Kier alpha value is -2.65. The van der Waals surface area contributed by atoms with Gasteiger partial charge in [-0.05, 0) is 55.7 Å². The first kappa shape index (κ1) is 26.0. The molecule has 1 aromatic heterocycles. The van der Waals surface area contributed by atoms with E-state index in [0.717, 1.165) is 5.56 Å². The summed E-state index contributed by atoms with van der Waals surface area (Å²) in [5, 5.41) is 4.69. The van der Waals surface area contributed by atoms with Gasteiger partial charge in [0.15, 0.2) is 0 Å². The van der Waals surface area contributed by atoms with E-state index in [-0.39, 0.29) is 10.8 Å². The fourth-order valence-electron chi connectivity index (χ4n) is 3.15. The van der Waals surface area contributed by atoms with E-state index in [2.05, 4.69) is 15.2 Å². The van der Waals surface area contributed by atoms with Crippen LogP contribution in [0.5, 0.6) is 0 Å². The van der Waals surface area contributed by atoms with Gasteiger partial charge in [-0.2, -0.15) is 9.82 Å². The number of benzene rings is 2. The van der Waals surface area contributed by atoms with Crippen LogP contribution in [0.3, 0.4) is 0 Å². The zero-order valence-electron chi connectivity index (χ0n) is 18.9. The minimum absolute atomic E-state index is 0.0653. The molecule has 0 fully saturated rings. The van der Waals surface area contributed by atoms with Crippen LogP contribution in [0.1, 0.15) is 31.6 Å². The van der Waals surface area contributed by atoms with Crippen molar-refractivity contribution in [3.63, 3.8) is 0 Å². The van der Waals surface area contributed by atoms with E-state index in [1.165, 1.54) is 18.3 Å². The van der Waals surface area contributed by atoms with Crippen molar-refractivity contribution in [3.05, 3.63) is 76.0 Å². The van der Waals surface area contributed by atoms with Gasteiger partial charge in [-0.3, -0.25) is 4.79 Å². The first-order valence-electron chi connectivity index (χ1n) is 10.5. The number of hydrazone groups is 1. The van der Waals surface area contributed by atoms with Crippen molar-refractivity contribution in [1.82, 2.24) is 10.1 Å². The molecule has 2 N–H and O–H groups in total. The molecule has 0 saturated carbocycles. The van der Waals surface area contributed by atoms with Crippen molar-refractivity contribution in [2.75, 3.05) is 0 Å². The van der Waals surface area contributed by atoms with Gasteiger partial charge >= 0.3 is 0 Å². The second-order valence-electron chi connectivity index (χ2n) is 8.15. The highest BCUT2D eigenvalue weighted by Gasteiger charge is 2.26. The molecule has 10 heteroatoms. The van der Waals surface area contributed by atoms with Gasteiger partial charge < -0.3 is 4.42 Å². The summed E-state index contributed by atoms with van der Waals surface area (Å²) in [6, 6.07) is 14.0. The number of hydrogen-bond acceptors (Lipinski definition) is 5. The van der Waals surface area contributed by atoms with E-state index in [1.807, 2.05) is 20.8 Å². The summed E-state index contributed by atoms with van der Waals surface area (Å²) in [6.07, 6.45) is 1.62. The smallest absolute Gasteiger partial charge is 0.258 e.